The van der Waals surface area contributed by atoms with Gasteiger partial charge in [-0.1, -0.05) is 36.4 Å². The largest absolute Gasteiger partial charge is 0.497 e. The van der Waals surface area contributed by atoms with Crippen molar-refractivity contribution in [1.29, 1.82) is 0 Å². The number of hydrogen-bond acceptors (Lipinski definition) is 3. The molecule has 0 aliphatic carbocycles. The van der Waals surface area contributed by atoms with Crippen LogP contribution in [-0.4, -0.2) is 12.6 Å². The Hall–Kier alpha value is -2.00. The molecule has 0 amide bonds. The minimum atomic E-state index is 0.0661. The van der Waals surface area contributed by atoms with Crippen LogP contribution in [0.1, 0.15) is 31.9 Å². The van der Waals surface area contributed by atoms with E-state index in [4.69, 9.17) is 9.47 Å². The molecule has 0 atom stereocenters. The van der Waals surface area contributed by atoms with Gasteiger partial charge in [0, 0.05) is 23.7 Å². The summed E-state index contributed by atoms with van der Waals surface area (Å²) in [6, 6.07) is 16.1. The van der Waals surface area contributed by atoms with E-state index in [2.05, 4.69) is 44.3 Å². The Balaban J connectivity index is 2.12. The van der Waals surface area contributed by atoms with Gasteiger partial charge in [-0.2, -0.15) is 0 Å². The van der Waals surface area contributed by atoms with Gasteiger partial charge in [0.2, 0.25) is 0 Å². The zero-order chi connectivity index (χ0) is 16.0. The SMILES string of the molecule is COc1ccc(CNC(C)(C)C)c(OCc2ccccc2)c1. The second-order valence-corrected chi connectivity index (χ2v) is 6.35. The molecule has 0 heterocycles. The topological polar surface area (TPSA) is 30.5 Å². The van der Waals surface area contributed by atoms with Crippen molar-refractivity contribution in [2.75, 3.05) is 7.11 Å². The van der Waals surface area contributed by atoms with Gasteiger partial charge in [0.15, 0.2) is 0 Å². The average molecular weight is 299 g/mol. The van der Waals surface area contributed by atoms with Crippen LogP contribution in [0.25, 0.3) is 0 Å². The molecule has 2 aromatic rings. The molecule has 0 aromatic heterocycles. The Morgan fingerprint density at radius 3 is 2.36 bits per heavy atom. The van der Waals surface area contributed by atoms with Crippen LogP contribution < -0.4 is 14.8 Å². The first-order valence-corrected chi connectivity index (χ1v) is 7.56. The van der Waals surface area contributed by atoms with Crippen LogP contribution in [0.5, 0.6) is 11.5 Å². The molecular weight excluding hydrogens is 274 g/mol. The normalized spacial score (nSPS) is 11.3. The first-order valence-electron chi connectivity index (χ1n) is 7.56. The van der Waals surface area contributed by atoms with Gasteiger partial charge in [0.1, 0.15) is 18.1 Å². The minimum Gasteiger partial charge on any atom is -0.497 e. The third kappa shape index (κ3) is 5.08. The Morgan fingerprint density at radius 1 is 1.00 bits per heavy atom. The van der Waals surface area contributed by atoms with Gasteiger partial charge < -0.3 is 14.8 Å². The molecule has 22 heavy (non-hydrogen) atoms. The van der Waals surface area contributed by atoms with Crippen molar-refractivity contribution in [3.63, 3.8) is 0 Å². The predicted octanol–water partition coefficient (Wildman–Crippen LogP) is 4.16. The molecule has 0 saturated heterocycles. The monoisotopic (exact) mass is 299 g/mol. The van der Waals surface area contributed by atoms with Crippen molar-refractivity contribution in [2.45, 2.75) is 39.5 Å². The highest BCUT2D eigenvalue weighted by Gasteiger charge is 2.12. The lowest BCUT2D eigenvalue weighted by Gasteiger charge is -2.22. The highest BCUT2D eigenvalue weighted by molar-refractivity contribution is 5.41. The number of nitrogens with one attached hydrogen (secondary N) is 1. The van der Waals surface area contributed by atoms with Crippen LogP contribution in [-0.2, 0) is 13.2 Å². The molecule has 2 aromatic carbocycles. The fourth-order valence-corrected chi connectivity index (χ4v) is 2.04. The minimum absolute atomic E-state index is 0.0661. The lowest BCUT2D eigenvalue weighted by molar-refractivity contribution is 0.297. The second kappa shape index (κ2) is 7.32. The highest BCUT2D eigenvalue weighted by atomic mass is 16.5. The van der Waals surface area contributed by atoms with Crippen LogP contribution in [0.15, 0.2) is 48.5 Å². The van der Waals surface area contributed by atoms with Gasteiger partial charge >= 0.3 is 0 Å². The van der Waals surface area contributed by atoms with Gasteiger partial charge in [-0.15, -0.1) is 0 Å². The lowest BCUT2D eigenvalue weighted by Crippen LogP contribution is -2.35. The number of benzene rings is 2. The van der Waals surface area contributed by atoms with E-state index in [1.54, 1.807) is 7.11 Å². The van der Waals surface area contributed by atoms with Crippen LogP contribution in [0.3, 0.4) is 0 Å². The maximum atomic E-state index is 6.01. The van der Waals surface area contributed by atoms with Crippen molar-refractivity contribution < 1.29 is 9.47 Å². The van der Waals surface area contributed by atoms with Gasteiger partial charge in [-0.3, -0.25) is 0 Å². The van der Waals surface area contributed by atoms with Gasteiger partial charge in [0.05, 0.1) is 7.11 Å². The Bertz CT molecular complexity index is 588. The van der Waals surface area contributed by atoms with Crippen molar-refractivity contribution in [3.05, 3.63) is 59.7 Å². The fourth-order valence-electron chi connectivity index (χ4n) is 2.04. The summed E-state index contributed by atoms with van der Waals surface area (Å²) in [4.78, 5) is 0. The zero-order valence-electron chi connectivity index (χ0n) is 13.8. The van der Waals surface area contributed by atoms with E-state index in [1.807, 2.05) is 30.3 Å². The second-order valence-electron chi connectivity index (χ2n) is 6.35. The summed E-state index contributed by atoms with van der Waals surface area (Å²) in [6.07, 6.45) is 0. The first-order chi connectivity index (χ1) is 10.5. The number of rotatable bonds is 6. The number of hydrogen-bond donors (Lipinski definition) is 1. The maximum Gasteiger partial charge on any atom is 0.127 e. The molecule has 0 unspecified atom stereocenters. The van der Waals surface area contributed by atoms with E-state index in [-0.39, 0.29) is 5.54 Å². The first kappa shape index (κ1) is 16.4. The van der Waals surface area contributed by atoms with Gasteiger partial charge in [0.25, 0.3) is 0 Å². The average Bonchev–Trinajstić information content (AvgIpc) is 2.51. The van der Waals surface area contributed by atoms with E-state index in [9.17, 15) is 0 Å². The molecule has 2 rings (SSSR count). The molecule has 0 aliphatic heterocycles. The summed E-state index contributed by atoms with van der Waals surface area (Å²) in [6.45, 7) is 7.78. The molecule has 0 fully saturated rings. The smallest absolute Gasteiger partial charge is 0.127 e. The van der Waals surface area contributed by atoms with Crippen LogP contribution in [0, 0.1) is 0 Å². The predicted molar refractivity (Wildman–Crippen MR) is 90.4 cm³/mol. The van der Waals surface area contributed by atoms with E-state index in [1.165, 1.54) is 0 Å². The number of methoxy groups -OCH3 is 1. The highest BCUT2D eigenvalue weighted by Crippen LogP contribution is 2.26. The fraction of sp³-hybridized carbons (Fsp3) is 0.368. The summed E-state index contributed by atoms with van der Waals surface area (Å²) in [5.74, 6) is 1.67. The molecule has 118 valence electrons. The lowest BCUT2D eigenvalue weighted by atomic mass is 10.1. The van der Waals surface area contributed by atoms with Crippen LogP contribution in [0.2, 0.25) is 0 Å². The van der Waals surface area contributed by atoms with E-state index >= 15 is 0 Å². The summed E-state index contributed by atoms with van der Waals surface area (Å²) in [5, 5.41) is 3.49. The Kier molecular flexibility index (Phi) is 5.45. The van der Waals surface area contributed by atoms with Gasteiger partial charge in [-0.25, -0.2) is 0 Å². The molecule has 3 nitrogen and oxygen atoms in total. The van der Waals surface area contributed by atoms with Gasteiger partial charge in [-0.05, 0) is 32.4 Å². The summed E-state index contributed by atoms with van der Waals surface area (Å²) in [5.41, 5.74) is 2.35. The third-order valence-electron chi connectivity index (χ3n) is 3.32. The standard InChI is InChI=1S/C19H25NO2/c1-19(2,3)20-13-16-10-11-17(21-4)12-18(16)22-14-15-8-6-5-7-9-15/h5-12,20H,13-14H2,1-4H3. The van der Waals surface area contributed by atoms with Crippen molar-refractivity contribution in [1.82, 2.24) is 5.32 Å². The van der Waals surface area contributed by atoms with Crippen LogP contribution in [0.4, 0.5) is 0 Å². The van der Waals surface area contributed by atoms with E-state index in [0.717, 1.165) is 29.2 Å². The maximum absolute atomic E-state index is 6.01. The van der Waals surface area contributed by atoms with Crippen molar-refractivity contribution >= 4 is 0 Å². The quantitative estimate of drug-likeness (QED) is 0.868. The molecular formula is C19H25NO2. The van der Waals surface area contributed by atoms with Crippen molar-refractivity contribution in [3.8, 4) is 11.5 Å². The molecule has 0 aliphatic rings. The zero-order valence-corrected chi connectivity index (χ0v) is 13.8. The summed E-state index contributed by atoms with van der Waals surface area (Å²) in [7, 11) is 1.67. The molecule has 1 N–H and O–H groups in total. The molecule has 0 saturated carbocycles. The molecule has 3 heteroatoms. The Morgan fingerprint density at radius 2 is 1.73 bits per heavy atom. The van der Waals surface area contributed by atoms with E-state index in [0.29, 0.717) is 6.61 Å². The summed E-state index contributed by atoms with van der Waals surface area (Å²) < 4.78 is 11.3. The number of ether oxygens (including phenoxy) is 2. The third-order valence-corrected chi connectivity index (χ3v) is 3.32. The van der Waals surface area contributed by atoms with E-state index < -0.39 is 0 Å². The Labute approximate surface area is 133 Å². The van der Waals surface area contributed by atoms with Crippen LogP contribution >= 0.6 is 0 Å². The molecule has 0 bridgehead atoms. The molecule has 0 spiro atoms. The molecule has 0 radical (unpaired) electrons. The van der Waals surface area contributed by atoms with Crippen molar-refractivity contribution in [2.24, 2.45) is 0 Å². The summed E-state index contributed by atoms with van der Waals surface area (Å²) >= 11 is 0.